The molecule has 1 aromatic carbocycles. The molecule has 17 heavy (non-hydrogen) atoms. The van der Waals surface area contributed by atoms with Crippen molar-refractivity contribution < 1.29 is 4.74 Å². The Balaban J connectivity index is 0.00000144. The van der Waals surface area contributed by atoms with E-state index < -0.39 is 0 Å². The molecule has 0 saturated carbocycles. The fraction of sp³-hybridized carbons (Fsp3) is 0.538. The maximum atomic E-state index is 5.88. The van der Waals surface area contributed by atoms with Crippen LogP contribution in [0, 0.1) is 5.92 Å². The molecule has 0 atom stereocenters. The molecule has 1 heterocycles. The van der Waals surface area contributed by atoms with E-state index in [2.05, 4.69) is 5.32 Å². The van der Waals surface area contributed by atoms with Crippen LogP contribution in [0.1, 0.15) is 19.3 Å². The van der Waals surface area contributed by atoms with Crippen LogP contribution in [0.5, 0.6) is 5.75 Å². The van der Waals surface area contributed by atoms with Crippen molar-refractivity contribution in [2.75, 3.05) is 19.7 Å². The van der Waals surface area contributed by atoms with E-state index in [1.807, 2.05) is 24.3 Å². The summed E-state index contributed by atoms with van der Waals surface area (Å²) in [7, 11) is 0. The van der Waals surface area contributed by atoms with E-state index in [0.717, 1.165) is 42.8 Å². The van der Waals surface area contributed by atoms with Crippen molar-refractivity contribution in [3.8, 4) is 5.75 Å². The van der Waals surface area contributed by atoms with E-state index in [1.165, 1.54) is 12.8 Å². The summed E-state index contributed by atoms with van der Waals surface area (Å²) in [5, 5.41) is 4.11. The summed E-state index contributed by atoms with van der Waals surface area (Å²) in [5.41, 5.74) is 0. The highest BCUT2D eigenvalue weighted by atomic mass is 35.5. The first kappa shape index (κ1) is 14.6. The molecular formula is C13H19Cl2NO. The third-order valence-corrected chi connectivity index (χ3v) is 3.28. The second-order valence-corrected chi connectivity index (χ2v) is 4.72. The van der Waals surface area contributed by atoms with Crippen molar-refractivity contribution in [2.45, 2.75) is 19.3 Å². The first-order valence-electron chi connectivity index (χ1n) is 5.94. The van der Waals surface area contributed by atoms with Gasteiger partial charge in [-0.3, -0.25) is 0 Å². The molecular weight excluding hydrogens is 257 g/mol. The van der Waals surface area contributed by atoms with Gasteiger partial charge in [0, 0.05) is 5.02 Å². The van der Waals surface area contributed by atoms with Crippen LogP contribution in [-0.4, -0.2) is 19.7 Å². The number of piperidine rings is 1. The minimum absolute atomic E-state index is 0. The van der Waals surface area contributed by atoms with Gasteiger partial charge in [0.2, 0.25) is 0 Å². The summed E-state index contributed by atoms with van der Waals surface area (Å²) >= 11 is 5.88. The number of nitrogens with one attached hydrogen (secondary N) is 1. The Morgan fingerprint density at radius 1 is 1.29 bits per heavy atom. The topological polar surface area (TPSA) is 21.3 Å². The summed E-state index contributed by atoms with van der Waals surface area (Å²) in [6.45, 7) is 3.11. The van der Waals surface area contributed by atoms with Crippen LogP contribution in [0.25, 0.3) is 0 Å². The van der Waals surface area contributed by atoms with E-state index in [9.17, 15) is 0 Å². The summed E-state index contributed by atoms with van der Waals surface area (Å²) in [5.74, 6) is 1.70. The van der Waals surface area contributed by atoms with Gasteiger partial charge in [-0.15, -0.1) is 12.4 Å². The van der Waals surface area contributed by atoms with Crippen molar-refractivity contribution in [2.24, 2.45) is 5.92 Å². The largest absolute Gasteiger partial charge is 0.494 e. The Morgan fingerprint density at radius 2 is 2.06 bits per heavy atom. The molecule has 0 aromatic heterocycles. The quantitative estimate of drug-likeness (QED) is 0.908. The van der Waals surface area contributed by atoms with Crippen LogP contribution in [-0.2, 0) is 0 Å². The van der Waals surface area contributed by atoms with Gasteiger partial charge in [0.1, 0.15) is 5.75 Å². The molecule has 2 rings (SSSR count). The molecule has 0 aliphatic carbocycles. The van der Waals surface area contributed by atoms with Crippen molar-refractivity contribution in [1.29, 1.82) is 0 Å². The highest BCUT2D eigenvalue weighted by Gasteiger charge is 2.12. The van der Waals surface area contributed by atoms with E-state index in [1.54, 1.807) is 0 Å². The summed E-state index contributed by atoms with van der Waals surface area (Å²) < 4.78 is 5.68. The van der Waals surface area contributed by atoms with Crippen LogP contribution in [0.2, 0.25) is 5.02 Å². The zero-order chi connectivity index (χ0) is 11.2. The lowest BCUT2D eigenvalue weighted by molar-refractivity contribution is 0.252. The molecule has 0 radical (unpaired) electrons. The van der Waals surface area contributed by atoms with E-state index in [-0.39, 0.29) is 12.4 Å². The smallest absolute Gasteiger partial charge is 0.120 e. The molecule has 2 nitrogen and oxygen atoms in total. The Kier molecular flexibility index (Phi) is 6.71. The van der Waals surface area contributed by atoms with Gasteiger partial charge in [0.05, 0.1) is 6.61 Å². The molecule has 1 fully saturated rings. The Morgan fingerprint density at radius 3 is 2.76 bits per heavy atom. The fourth-order valence-electron chi connectivity index (χ4n) is 2.07. The number of benzene rings is 1. The van der Waals surface area contributed by atoms with Gasteiger partial charge in [0.25, 0.3) is 0 Å². The molecule has 0 spiro atoms. The van der Waals surface area contributed by atoms with Crippen molar-refractivity contribution in [3.05, 3.63) is 29.3 Å². The zero-order valence-electron chi connectivity index (χ0n) is 9.82. The number of ether oxygens (including phenoxy) is 1. The van der Waals surface area contributed by atoms with Gasteiger partial charge in [-0.1, -0.05) is 17.7 Å². The molecule has 1 N–H and O–H groups in total. The summed E-state index contributed by atoms with van der Waals surface area (Å²) in [6, 6.07) is 7.60. The SMILES string of the molecule is Cl.Clc1cccc(OCCC2CCNCC2)c1. The van der Waals surface area contributed by atoms with Crippen LogP contribution in [0.15, 0.2) is 24.3 Å². The maximum absolute atomic E-state index is 5.88. The lowest BCUT2D eigenvalue weighted by Crippen LogP contribution is -2.28. The third kappa shape index (κ3) is 5.15. The second kappa shape index (κ2) is 7.80. The minimum Gasteiger partial charge on any atom is -0.494 e. The van der Waals surface area contributed by atoms with Crippen molar-refractivity contribution >= 4 is 24.0 Å². The van der Waals surface area contributed by atoms with Gasteiger partial charge in [-0.05, 0) is 56.5 Å². The van der Waals surface area contributed by atoms with Crippen LogP contribution < -0.4 is 10.1 Å². The molecule has 1 aliphatic rings. The molecule has 96 valence electrons. The predicted octanol–water partition coefficient (Wildman–Crippen LogP) is 3.53. The van der Waals surface area contributed by atoms with Crippen LogP contribution in [0.3, 0.4) is 0 Å². The number of hydrogen-bond acceptors (Lipinski definition) is 2. The van der Waals surface area contributed by atoms with Crippen molar-refractivity contribution in [1.82, 2.24) is 5.32 Å². The van der Waals surface area contributed by atoms with Gasteiger partial charge in [-0.25, -0.2) is 0 Å². The molecule has 4 heteroatoms. The number of halogens is 2. The normalized spacial score (nSPS) is 16.3. The van der Waals surface area contributed by atoms with Crippen LogP contribution >= 0.6 is 24.0 Å². The maximum Gasteiger partial charge on any atom is 0.120 e. The third-order valence-electron chi connectivity index (χ3n) is 3.05. The molecule has 0 bridgehead atoms. The molecule has 1 aliphatic heterocycles. The fourth-order valence-corrected chi connectivity index (χ4v) is 2.25. The first-order valence-corrected chi connectivity index (χ1v) is 6.31. The lowest BCUT2D eigenvalue weighted by atomic mass is 9.95. The van der Waals surface area contributed by atoms with Gasteiger partial charge >= 0.3 is 0 Å². The zero-order valence-corrected chi connectivity index (χ0v) is 11.4. The molecule has 1 saturated heterocycles. The predicted molar refractivity (Wildman–Crippen MR) is 74.4 cm³/mol. The Labute approximate surface area is 114 Å². The van der Waals surface area contributed by atoms with Gasteiger partial charge < -0.3 is 10.1 Å². The highest BCUT2D eigenvalue weighted by Crippen LogP contribution is 2.19. The standard InChI is InChI=1S/C13H18ClNO.ClH/c14-12-2-1-3-13(10-12)16-9-6-11-4-7-15-8-5-11;/h1-3,10-11,15H,4-9H2;1H. The van der Waals surface area contributed by atoms with Gasteiger partial charge in [-0.2, -0.15) is 0 Å². The summed E-state index contributed by atoms with van der Waals surface area (Å²) in [4.78, 5) is 0. The monoisotopic (exact) mass is 275 g/mol. The first-order chi connectivity index (χ1) is 7.84. The molecule has 1 aromatic rings. The Hall–Kier alpha value is -0.440. The van der Waals surface area contributed by atoms with Gasteiger partial charge in [0.15, 0.2) is 0 Å². The van der Waals surface area contributed by atoms with E-state index in [4.69, 9.17) is 16.3 Å². The second-order valence-electron chi connectivity index (χ2n) is 4.29. The number of rotatable bonds is 4. The van der Waals surface area contributed by atoms with Crippen LogP contribution in [0.4, 0.5) is 0 Å². The van der Waals surface area contributed by atoms with E-state index in [0.29, 0.717) is 0 Å². The van der Waals surface area contributed by atoms with Crippen molar-refractivity contribution in [3.63, 3.8) is 0 Å². The lowest BCUT2D eigenvalue weighted by Gasteiger charge is -2.22. The average Bonchev–Trinajstić information content (AvgIpc) is 2.30. The molecule has 0 unspecified atom stereocenters. The average molecular weight is 276 g/mol. The van der Waals surface area contributed by atoms with E-state index >= 15 is 0 Å². The Bertz CT molecular complexity index is 327. The summed E-state index contributed by atoms with van der Waals surface area (Å²) in [6.07, 6.45) is 3.70. The highest BCUT2D eigenvalue weighted by molar-refractivity contribution is 6.30. The molecule has 0 amide bonds. The number of hydrogen-bond donors (Lipinski definition) is 1. The minimum atomic E-state index is 0.